The Bertz CT molecular complexity index is 477. The van der Waals surface area contributed by atoms with Gasteiger partial charge in [-0.3, -0.25) is 9.40 Å². The van der Waals surface area contributed by atoms with Crippen molar-refractivity contribution >= 4 is 15.8 Å². The van der Waals surface area contributed by atoms with E-state index in [1.807, 2.05) is 6.92 Å². The summed E-state index contributed by atoms with van der Waals surface area (Å²) in [6.45, 7) is 3.59. The van der Waals surface area contributed by atoms with Gasteiger partial charge in [-0.05, 0) is 26.3 Å². The first-order valence-electron chi connectivity index (χ1n) is 6.36. The van der Waals surface area contributed by atoms with E-state index in [4.69, 9.17) is 0 Å². The van der Waals surface area contributed by atoms with Crippen LogP contribution in [0.3, 0.4) is 0 Å². The van der Waals surface area contributed by atoms with Crippen LogP contribution in [0, 0.1) is 0 Å². The zero-order chi connectivity index (χ0) is 13.0. The van der Waals surface area contributed by atoms with Crippen LogP contribution in [0.1, 0.15) is 26.2 Å². The molecule has 0 radical (unpaired) electrons. The molecule has 1 aliphatic rings. The standard InChI is InChI=1S/C11H20N4O2S/c1-2-15-8-6-11(13-15)14-18(16,17)9-10-5-3-4-7-12-10/h6,8,10,12H,2-5,7,9H2,1H3,(H,13,14). The smallest absolute Gasteiger partial charge is 0.235 e. The lowest BCUT2D eigenvalue weighted by Gasteiger charge is -2.23. The maximum absolute atomic E-state index is 12.0. The molecular formula is C11H20N4O2S. The van der Waals surface area contributed by atoms with Gasteiger partial charge in [0.05, 0.1) is 5.75 Å². The highest BCUT2D eigenvalue weighted by Crippen LogP contribution is 2.11. The highest BCUT2D eigenvalue weighted by atomic mass is 32.2. The van der Waals surface area contributed by atoms with Gasteiger partial charge in [0.1, 0.15) is 0 Å². The van der Waals surface area contributed by atoms with E-state index in [0.717, 1.165) is 32.4 Å². The van der Waals surface area contributed by atoms with Crippen LogP contribution in [0.4, 0.5) is 5.82 Å². The molecule has 2 heterocycles. The summed E-state index contributed by atoms with van der Waals surface area (Å²) in [5.41, 5.74) is 0. The summed E-state index contributed by atoms with van der Waals surface area (Å²) in [4.78, 5) is 0. The Morgan fingerprint density at radius 3 is 3.00 bits per heavy atom. The SMILES string of the molecule is CCn1ccc(NS(=O)(=O)CC2CCCCN2)n1. The molecule has 0 bridgehead atoms. The molecule has 2 N–H and O–H groups in total. The van der Waals surface area contributed by atoms with Gasteiger partial charge in [0.15, 0.2) is 5.82 Å². The van der Waals surface area contributed by atoms with Crippen LogP contribution in [-0.2, 0) is 16.6 Å². The van der Waals surface area contributed by atoms with E-state index in [2.05, 4.69) is 15.1 Å². The molecule has 1 aromatic rings. The van der Waals surface area contributed by atoms with E-state index < -0.39 is 10.0 Å². The van der Waals surface area contributed by atoms with Crippen molar-refractivity contribution in [3.8, 4) is 0 Å². The van der Waals surface area contributed by atoms with Crippen molar-refractivity contribution in [2.75, 3.05) is 17.0 Å². The third-order valence-electron chi connectivity index (χ3n) is 3.06. The van der Waals surface area contributed by atoms with E-state index >= 15 is 0 Å². The average Bonchev–Trinajstić information content (AvgIpc) is 2.76. The number of anilines is 1. The fourth-order valence-electron chi connectivity index (χ4n) is 2.12. The van der Waals surface area contributed by atoms with E-state index in [-0.39, 0.29) is 11.8 Å². The molecule has 0 saturated carbocycles. The highest BCUT2D eigenvalue weighted by molar-refractivity contribution is 7.92. The van der Waals surface area contributed by atoms with Crippen molar-refractivity contribution in [1.82, 2.24) is 15.1 Å². The van der Waals surface area contributed by atoms with Crippen LogP contribution in [0.2, 0.25) is 0 Å². The lowest BCUT2D eigenvalue weighted by Crippen LogP contribution is -2.40. The lowest BCUT2D eigenvalue weighted by atomic mass is 10.1. The van der Waals surface area contributed by atoms with Crippen LogP contribution in [-0.4, -0.2) is 36.5 Å². The molecule has 1 atom stereocenters. The minimum atomic E-state index is -3.32. The third-order valence-corrected chi connectivity index (χ3v) is 4.42. The summed E-state index contributed by atoms with van der Waals surface area (Å²) < 4.78 is 28.1. The van der Waals surface area contributed by atoms with Crippen molar-refractivity contribution < 1.29 is 8.42 Å². The number of nitrogens with zero attached hydrogens (tertiary/aromatic N) is 2. The zero-order valence-electron chi connectivity index (χ0n) is 10.6. The van der Waals surface area contributed by atoms with Gasteiger partial charge in [0, 0.05) is 24.8 Å². The van der Waals surface area contributed by atoms with Crippen molar-refractivity contribution in [2.45, 2.75) is 38.8 Å². The summed E-state index contributed by atoms with van der Waals surface area (Å²) in [6.07, 6.45) is 4.91. The second-order valence-corrected chi connectivity index (χ2v) is 6.35. The molecule has 102 valence electrons. The zero-order valence-corrected chi connectivity index (χ0v) is 11.4. The summed E-state index contributed by atoms with van der Waals surface area (Å²) >= 11 is 0. The van der Waals surface area contributed by atoms with Gasteiger partial charge in [0.25, 0.3) is 0 Å². The molecule has 0 amide bonds. The van der Waals surface area contributed by atoms with E-state index in [1.165, 1.54) is 0 Å². The number of hydrogen-bond donors (Lipinski definition) is 2. The first-order chi connectivity index (χ1) is 8.59. The van der Waals surface area contributed by atoms with Crippen molar-refractivity contribution in [3.05, 3.63) is 12.3 Å². The first-order valence-corrected chi connectivity index (χ1v) is 8.01. The Hall–Kier alpha value is -1.08. The van der Waals surface area contributed by atoms with Gasteiger partial charge in [-0.25, -0.2) is 8.42 Å². The van der Waals surface area contributed by atoms with E-state index in [1.54, 1.807) is 16.9 Å². The molecule has 7 heteroatoms. The summed E-state index contributed by atoms with van der Waals surface area (Å²) in [5, 5.41) is 7.35. The highest BCUT2D eigenvalue weighted by Gasteiger charge is 2.21. The monoisotopic (exact) mass is 272 g/mol. The molecule has 2 rings (SSSR count). The second-order valence-electron chi connectivity index (χ2n) is 4.59. The molecule has 1 aliphatic heterocycles. The molecule has 0 aliphatic carbocycles. The third kappa shape index (κ3) is 3.71. The summed E-state index contributed by atoms with van der Waals surface area (Å²) in [6, 6.07) is 1.74. The Balaban J connectivity index is 1.93. The van der Waals surface area contributed by atoms with Gasteiger partial charge in [-0.1, -0.05) is 6.42 Å². The molecule has 18 heavy (non-hydrogen) atoms. The Morgan fingerprint density at radius 2 is 2.39 bits per heavy atom. The van der Waals surface area contributed by atoms with Crippen LogP contribution in [0.5, 0.6) is 0 Å². The Labute approximate surface area is 108 Å². The molecule has 1 fully saturated rings. The minimum Gasteiger partial charge on any atom is -0.313 e. The van der Waals surface area contributed by atoms with Crippen molar-refractivity contribution in [2.24, 2.45) is 0 Å². The topological polar surface area (TPSA) is 76.0 Å². The maximum Gasteiger partial charge on any atom is 0.235 e. The van der Waals surface area contributed by atoms with E-state index in [0.29, 0.717) is 5.82 Å². The predicted molar refractivity (Wildman–Crippen MR) is 71.0 cm³/mol. The normalized spacial score (nSPS) is 20.8. The maximum atomic E-state index is 12.0. The van der Waals surface area contributed by atoms with Gasteiger partial charge in [-0.2, -0.15) is 5.10 Å². The molecule has 1 aromatic heterocycles. The summed E-state index contributed by atoms with van der Waals surface area (Å²) in [7, 11) is -3.32. The summed E-state index contributed by atoms with van der Waals surface area (Å²) in [5.74, 6) is 0.513. The van der Waals surface area contributed by atoms with Gasteiger partial charge < -0.3 is 5.32 Å². The lowest BCUT2D eigenvalue weighted by molar-refractivity contribution is 0.424. The van der Waals surface area contributed by atoms with Gasteiger partial charge in [0.2, 0.25) is 10.0 Å². The number of aryl methyl sites for hydroxylation is 1. The fourth-order valence-corrected chi connectivity index (χ4v) is 3.45. The van der Waals surface area contributed by atoms with Crippen molar-refractivity contribution in [3.63, 3.8) is 0 Å². The Kier molecular flexibility index (Phi) is 4.23. The molecule has 1 unspecified atom stereocenters. The van der Waals surface area contributed by atoms with Crippen LogP contribution >= 0.6 is 0 Å². The van der Waals surface area contributed by atoms with Crippen molar-refractivity contribution in [1.29, 1.82) is 0 Å². The first kappa shape index (κ1) is 13.4. The number of sulfonamides is 1. The number of hydrogen-bond acceptors (Lipinski definition) is 4. The fraction of sp³-hybridized carbons (Fsp3) is 0.727. The van der Waals surface area contributed by atoms with Crippen LogP contribution < -0.4 is 10.0 Å². The molecule has 0 spiro atoms. The largest absolute Gasteiger partial charge is 0.313 e. The predicted octanol–water partition coefficient (Wildman–Crippen LogP) is 0.787. The minimum absolute atomic E-state index is 0.0597. The van der Waals surface area contributed by atoms with E-state index in [9.17, 15) is 8.42 Å². The van der Waals surface area contributed by atoms with Crippen LogP contribution in [0.25, 0.3) is 0 Å². The quantitative estimate of drug-likeness (QED) is 0.831. The number of rotatable bonds is 5. The molecule has 1 saturated heterocycles. The number of aromatic nitrogens is 2. The number of piperidine rings is 1. The van der Waals surface area contributed by atoms with Gasteiger partial charge in [-0.15, -0.1) is 0 Å². The molecular weight excluding hydrogens is 252 g/mol. The number of nitrogens with one attached hydrogen (secondary N) is 2. The average molecular weight is 272 g/mol. The van der Waals surface area contributed by atoms with Gasteiger partial charge >= 0.3 is 0 Å². The molecule has 0 aromatic carbocycles. The van der Waals surface area contributed by atoms with Crippen LogP contribution in [0.15, 0.2) is 12.3 Å². The molecule has 6 nitrogen and oxygen atoms in total. The second kappa shape index (κ2) is 5.71. The Morgan fingerprint density at radius 1 is 1.56 bits per heavy atom.